The van der Waals surface area contributed by atoms with Crippen LogP contribution in [0.3, 0.4) is 0 Å². The molecule has 0 radical (unpaired) electrons. The Hall–Kier alpha value is -0.550. The van der Waals surface area contributed by atoms with Crippen molar-refractivity contribution in [2.75, 3.05) is 23.7 Å². The highest BCUT2D eigenvalue weighted by atomic mass is 35.5. The fourth-order valence-electron chi connectivity index (χ4n) is 2.34. The van der Waals surface area contributed by atoms with Gasteiger partial charge in [0.2, 0.25) is 0 Å². The van der Waals surface area contributed by atoms with E-state index in [2.05, 4.69) is 6.92 Å². The van der Waals surface area contributed by atoms with Crippen LogP contribution < -0.4 is 4.90 Å². The van der Waals surface area contributed by atoms with E-state index in [4.69, 9.17) is 11.6 Å². The van der Waals surface area contributed by atoms with Crippen LogP contribution in [0.15, 0.2) is 18.2 Å². The minimum Gasteiger partial charge on any atom is -0.370 e. The summed E-state index contributed by atoms with van der Waals surface area (Å²) in [5.74, 6) is 0.833. The topological polar surface area (TPSA) is 3.24 Å². The molecule has 6 heteroatoms. The van der Waals surface area contributed by atoms with Crippen molar-refractivity contribution in [2.45, 2.75) is 30.7 Å². The second kappa shape index (κ2) is 6.48. The molecule has 0 bridgehead atoms. The Morgan fingerprint density at radius 1 is 1.40 bits per heavy atom. The molecule has 1 heterocycles. The fourth-order valence-corrected chi connectivity index (χ4v) is 3.76. The van der Waals surface area contributed by atoms with E-state index in [1.165, 1.54) is 12.1 Å². The van der Waals surface area contributed by atoms with Crippen LogP contribution in [0, 0.1) is 0 Å². The van der Waals surface area contributed by atoms with Gasteiger partial charge >= 0.3 is 6.18 Å². The number of thioether (sulfide) groups is 1. The van der Waals surface area contributed by atoms with Crippen LogP contribution in [-0.2, 0) is 12.1 Å². The first-order chi connectivity index (χ1) is 9.45. The summed E-state index contributed by atoms with van der Waals surface area (Å²) in [6.07, 6.45) is -3.32. The van der Waals surface area contributed by atoms with Gasteiger partial charge in [-0.25, -0.2) is 0 Å². The summed E-state index contributed by atoms with van der Waals surface area (Å²) in [5, 5.41) is 0.491. The predicted molar refractivity (Wildman–Crippen MR) is 79.8 cm³/mol. The third kappa shape index (κ3) is 3.55. The van der Waals surface area contributed by atoms with Crippen LogP contribution in [0.5, 0.6) is 0 Å². The average Bonchev–Trinajstić information content (AvgIpc) is 2.45. The molecule has 1 aromatic rings. The molecule has 0 aliphatic carbocycles. The summed E-state index contributed by atoms with van der Waals surface area (Å²) >= 11 is 7.50. The maximum absolute atomic E-state index is 13.0. The van der Waals surface area contributed by atoms with Gasteiger partial charge in [-0.1, -0.05) is 13.0 Å². The molecule has 1 saturated heterocycles. The normalized spacial score (nSPS) is 20.2. The molecule has 1 aliphatic rings. The smallest absolute Gasteiger partial charge is 0.370 e. The van der Waals surface area contributed by atoms with Crippen molar-refractivity contribution in [3.05, 3.63) is 29.3 Å². The molecule has 0 amide bonds. The van der Waals surface area contributed by atoms with Crippen LogP contribution in [-0.4, -0.2) is 24.1 Å². The average molecular weight is 324 g/mol. The highest BCUT2D eigenvalue weighted by molar-refractivity contribution is 8.00. The van der Waals surface area contributed by atoms with E-state index in [0.29, 0.717) is 10.9 Å². The molecule has 1 fully saturated rings. The summed E-state index contributed by atoms with van der Waals surface area (Å²) < 4.78 is 39.1. The molecule has 1 atom stereocenters. The highest BCUT2D eigenvalue weighted by Gasteiger charge is 2.34. The number of hydrogen-bond donors (Lipinski definition) is 0. The van der Waals surface area contributed by atoms with Gasteiger partial charge in [-0.3, -0.25) is 0 Å². The zero-order valence-corrected chi connectivity index (χ0v) is 12.8. The van der Waals surface area contributed by atoms with Gasteiger partial charge in [0, 0.05) is 35.7 Å². The summed E-state index contributed by atoms with van der Waals surface area (Å²) in [4.78, 5) is 2.04. The minimum absolute atomic E-state index is 0.122. The van der Waals surface area contributed by atoms with Gasteiger partial charge in [0.25, 0.3) is 0 Å². The Labute approximate surface area is 126 Å². The zero-order chi connectivity index (χ0) is 14.8. The van der Waals surface area contributed by atoms with Gasteiger partial charge in [0.1, 0.15) is 0 Å². The lowest BCUT2D eigenvalue weighted by Crippen LogP contribution is -2.37. The third-order valence-corrected chi connectivity index (χ3v) is 5.16. The van der Waals surface area contributed by atoms with E-state index in [1.54, 1.807) is 6.07 Å². The number of nitrogens with zero attached hydrogens (tertiary/aromatic N) is 1. The fraction of sp³-hybridized carbons (Fsp3) is 0.571. The number of alkyl halides is 4. The van der Waals surface area contributed by atoms with E-state index in [9.17, 15) is 13.2 Å². The zero-order valence-electron chi connectivity index (χ0n) is 11.2. The van der Waals surface area contributed by atoms with Gasteiger partial charge in [-0.05, 0) is 24.1 Å². The first kappa shape index (κ1) is 15.8. The lowest BCUT2D eigenvalue weighted by molar-refractivity contribution is -0.138. The number of anilines is 1. The lowest BCUT2D eigenvalue weighted by atomic mass is 10.1. The van der Waals surface area contributed by atoms with Crippen LogP contribution in [0.25, 0.3) is 0 Å². The molecule has 112 valence electrons. The summed E-state index contributed by atoms with van der Waals surface area (Å²) in [6.45, 7) is 3.70. The van der Waals surface area contributed by atoms with Crippen molar-refractivity contribution in [1.29, 1.82) is 0 Å². The van der Waals surface area contributed by atoms with Gasteiger partial charge in [-0.15, -0.1) is 11.6 Å². The molecule has 20 heavy (non-hydrogen) atoms. The van der Waals surface area contributed by atoms with Gasteiger partial charge in [0.05, 0.1) is 5.56 Å². The first-order valence-electron chi connectivity index (χ1n) is 6.58. The van der Waals surface area contributed by atoms with Crippen molar-refractivity contribution in [3.63, 3.8) is 0 Å². The van der Waals surface area contributed by atoms with Crippen molar-refractivity contribution in [1.82, 2.24) is 0 Å². The van der Waals surface area contributed by atoms with Gasteiger partial charge in [0.15, 0.2) is 0 Å². The van der Waals surface area contributed by atoms with E-state index in [1.807, 2.05) is 16.7 Å². The highest BCUT2D eigenvalue weighted by Crippen LogP contribution is 2.36. The molecule has 1 unspecified atom stereocenters. The standard InChI is InChI=1S/C14H17ClF3NS/c1-2-12-9-19(5-6-20-12)11-4-3-10(8-15)13(7-11)14(16,17)18/h3-4,7,12H,2,5-6,8-9H2,1H3. The van der Waals surface area contributed by atoms with Crippen LogP contribution >= 0.6 is 23.4 Å². The molecule has 0 aromatic heterocycles. The molecule has 1 aliphatic heterocycles. The van der Waals surface area contributed by atoms with Crippen LogP contribution in [0.1, 0.15) is 24.5 Å². The molecule has 0 saturated carbocycles. The predicted octanol–water partition coefficient (Wildman–Crippen LogP) is 4.78. The summed E-state index contributed by atoms with van der Waals surface area (Å²) in [7, 11) is 0. The Bertz CT molecular complexity index is 464. The Morgan fingerprint density at radius 3 is 2.75 bits per heavy atom. The summed E-state index contributed by atoms with van der Waals surface area (Å²) in [6, 6.07) is 4.48. The molecule has 0 N–H and O–H groups in total. The van der Waals surface area contributed by atoms with Crippen molar-refractivity contribution in [3.8, 4) is 0 Å². The maximum atomic E-state index is 13.0. The van der Waals surface area contributed by atoms with Crippen molar-refractivity contribution < 1.29 is 13.2 Å². The number of benzene rings is 1. The SMILES string of the molecule is CCC1CN(c2ccc(CCl)c(C(F)(F)F)c2)CCS1. The lowest BCUT2D eigenvalue weighted by Gasteiger charge is -2.34. The quantitative estimate of drug-likeness (QED) is 0.737. The molecule has 2 rings (SSSR count). The van der Waals surface area contributed by atoms with E-state index in [-0.39, 0.29) is 11.4 Å². The van der Waals surface area contributed by atoms with E-state index < -0.39 is 11.7 Å². The Kier molecular flexibility index (Phi) is 5.13. The second-order valence-corrected chi connectivity index (χ2v) is 6.50. The number of halogens is 4. The first-order valence-corrected chi connectivity index (χ1v) is 8.16. The molecule has 0 spiro atoms. The molecule has 1 aromatic carbocycles. The second-order valence-electron chi connectivity index (χ2n) is 4.82. The van der Waals surface area contributed by atoms with E-state index in [0.717, 1.165) is 25.3 Å². The Balaban J connectivity index is 2.29. The van der Waals surface area contributed by atoms with Crippen LogP contribution in [0.4, 0.5) is 18.9 Å². The molecular formula is C14H17ClF3NS. The third-order valence-electron chi connectivity index (χ3n) is 3.50. The van der Waals surface area contributed by atoms with Crippen LogP contribution in [0.2, 0.25) is 0 Å². The minimum atomic E-state index is -4.35. The largest absolute Gasteiger partial charge is 0.416 e. The Morgan fingerprint density at radius 2 is 2.15 bits per heavy atom. The molecular weight excluding hydrogens is 307 g/mol. The molecule has 1 nitrogen and oxygen atoms in total. The maximum Gasteiger partial charge on any atom is 0.416 e. The summed E-state index contributed by atoms with van der Waals surface area (Å²) in [5.41, 5.74) is 0.169. The van der Waals surface area contributed by atoms with Gasteiger partial charge in [-0.2, -0.15) is 24.9 Å². The monoisotopic (exact) mass is 323 g/mol. The van der Waals surface area contributed by atoms with Crippen molar-refractivity contribution in [2.24, 2.45) is 0 Å². The number of hydrogen-bond acceptors (Lipinski definition) is 2. The van der Waals surface area contributed by atoms with Crippen molar-refractivity contribution >= 4 is 29.1 Å². The number of rotatable bonds is 3. The van der Waals surface area contributed by atoms with Gasteiger partial charge < -0.3 is 4.90 Å². The van der Waals surface area contributed by atoms with E-state index >= 15 is 0 Å².